The summed E-state index contributed by atoms with van der Waals surface area (Å²) in [4.78, 5) is 0. The van der Waals surface area contributed by atoms with Crippen LogP contribution in [0.2, 0.25) is 0 Å². The summed E-state index contributed by atoms with van der Waals surface area (Å²) in [5.74, 6) is 0.253. The monoisotopic (exact) mass is 284 g/mol. The Hall–Kier alpha value is -2.38. The van der Waals surface area contributed by atoms with Crippen molar-refractivity contribution in [2.45, 2.75) is 12.3 Å². The molecule has 4 heteroatoms. The highest BCUT2D eigenvalue weighted by atomic mass is 19.1. The zero-order chi connectivity index (χ0) is 15.2. The summed E-state index contributed by atoms with van der Waals surface area (Å²) in [5, 5.41) is 8.94. The Labute approximate surface area is 123 Å². The van der Waals surface area contributed by atoms with E-state index in [0.717, 1.165) is 11.1 Å². The molecule has 0 aliphatic heterocycles. The highest BCUT2D eigenvalue weighted by Crippen LogP contribution is 2.29. The van der Waals surface area contributed by atoms with Crippen LogP contribution in [0.4, 0.5) is 4.39 Å². The van der Waals surface area contributed by atoms with Crippen LogP contribution in [0, 0.1) is 17.1 Å². The van der Waals surface area contributed by atoms with E-state index in [1.165, 1.54) is 12.1 Å². The first-order valence-corrected chi connectivity index (χ1v) is 6.70. The topological polar surface area (TPSA) is 59.0 Å². The normalized spacial score (nSPS) is 11.7. The van der Waals surface area contributed by atoms with Crippen LogP contribution in [0.15, 0.2) is 42.5 Å². The second kappa shape index (κ2) is 6.87. The van der Waals surface area contributed by atoms with Gasteiger partial charge in [-0.05, 0) is 48.9 Å². The minimum Gasteiger partial charge on any atom is -0.496 e. The molecule has 21 heavy (non-hydrogen) atoms. The minimum atomic E-state index is -0.310. The summed E-state index contributed by atoms with van der Waals surface area (Å²) < 4.78 is 18.8. The Morgan fingerprint density at radius 1 is 1.29 bits per heavy atom. The fourth-order valence-corrected chi connectivity index (χ4v) is 2.40. The molecule has 0 saturated heterocycles. The van der Waals surface area contributed by atoms with Crippen LogP contribution in [0.5, 0.6) is 5.75 Å². The third kappa shape index (κ3) is 3.59. The van der Waals surface area contributed by atoms with Crippen molar-refractivity contribution in [2.24, 2.45) is 5.73 Å². The molecule has 0 bridgehead atoms. The average molecular weight is 284 g/mol. The van der Waals surface area contributed by atoms with Gasteiger partial charge in [-0.15, -0.1) is 0 Å². The standard InChI is InChI=1S/C17H17FN2O/c1-21-17-6-5-15(18)9-16(17)14(11-20)8-12-3-2-4-13(7-12)10-19/h2-7,9,14H,8,11,20H2,1H3. The predicted molar refractivity (Wildman–Crippen MR) is 79.6 cm³/mol. The first-order valence-electron chi connectivity index (χ1n) is 6.70. The fourth-order valence-electron chi connectivity index (χ4n) is 2.40. The number of halogens is 1. The second-order valence-electron chi connectivity index (χ2n) is 4.84. The molecule has 0 aromatic heterocycles. The van der Waals surface area contributed by atoms with Crippen LogP contribution in [-0.4, -0.2) is 13.7 Å². The highest BCUT2D eigenvalue weighted by Gasteiger charge is 2.16. The van der Waals surface area contributed by atoms with Crippen molar-refractivity contribution in [3.63, 3.8) is 0 Å². The summed E-state index contributed by atoms with van der Waals surface area (Å²) in [6, 6.07) is 13.9. The third-order valence-electron chi connectivity index (χ3n) is 3.45. The Kier molecular flexibility index (Phi) is 4.91. The molecule has 2 aromatic rings. The van der Waals surface area contributed by atoms with E-state index in [-0.39, 0.29) is 11.7 Å². The number of nitrogens with zero attached hydrogens (tertiary/aromatic N) is 1. The van der Waals surface area contributed by atoms with Crippen LogP contribution >= 0.6 is 0 Å². The van der Waals surface area contributed by atoms with Gasteiger partial charge in [0.25, 0.3) is 0 Å². The highest BCUT2D eigenvalue weighted by molar-refractivity contribution is 5.39. The van der Waals surface area contributed by atoms with E-state index in [4.69, 9.17) is 15.7 Å². The van der Waals surface area contributed by atoms with Crippen molar-refractivity contribution in [1.29, 1.82) is 5.26 Å². The van der Waals surface area contributed by atoms with E-state index in [2.05, 4.69) is 6.07 Å². The van der Waals surface area contributed by atoms with Gasteiger partial charge in [0.2, 0.25) is 0 Å². The Morgan fingerprint density at radius 3 is 2.76 bits per heavy atom. The molecule has 3 nitrogen and oxygen atoms in total. The van der Waals surface area contributed by atoms with Crippen molar-refractivity contribution in [3.05, 3.63) is 65.0 Å². The maximum absolute atomic E-state index is 13.5. The van der Waals surface area contributed by atoms with Gasteiger partial charge in [0.05, 0.1) is 18.7 Å². The summed E-state index contributed by atoms with van der Waals surface area (Å²) in [5.41, 5.74) is 8.21. The number of ether oxygens (including phenoxy) is 1. The van der Waals surface area contributed by atoms with E-state index >= 15 is 0 Å². The number of hydrogen-bond acceptors (Lipinski definition) is 3. The van der Waals surface area contributed by atoms with Gasteiger partial charge < -0.3 is 10.5 Å². The van der Waals surface area contributed by atoms with Gasteiger partial charge in [-0.3, -0.25) is 0 Å². The number of nitriles is 1. The first kappa shape index (κ1) is 15.0. The van der Waals surface area contributed by atoms with Crippen LogP contribution in [-0.2, 0) is 6.42 Å². The van der Waals surface area contributed by atoms with E-state index in [0.29, 0.717) is 24.3 Å². The van der Waals surface area contributed by atoms with E-state index in [1.807, 2.05) is 18.2 Å². The molecule has 0 fully saturated rings. The number of methoxy groups -OCH3 is 1. The van der Waals surface area contributed by atoms with Crippen molar-refractivity contribution in [3.8, 4) is 11.8 Å². The first-order chi connectivity index (χ1) is 10.2. The molecular formula is C17H17FN2O. The maximum atomic E-state index is 13.5. The van der Waals surface area contributed by atoms with Gasteiger partial charge in [0, 0.05) is 11.5 Å². The molecule has 0 aliphatic carbocycles. The molecule has 1 unspecified atom stereocenters. The minimum absolute atomic E-state index is 0.0652. The SMILES string of the molecule is COc1ccc(F)cc1C(CN)Cc1cccc(C#N)c1. The molecule has 0 amide bonds. The van der Waals surface area contributed by atoms with Gasteiger partial charge >= 0.3 is 0 Å². The average Bonchev–Trinajstić information content (AvgIpc) is 2.52. The zero-order valence-electron chi connectivity index (χ0n) is 11.8. The van der Waals surface area contributed by atoms with Crippen molar-refractivity contribution >= 4 is 0 Å². The molecule has 0 radical (unpaired) electrons. The van der Waals surface area contributed by atoms with E-state index in [1.54, 1.807) is 19.2 Å². The molecular weight excluding hydrogens is 267 g/mol. The predicted octanol–water partition coefficient (Wildman–Crippen LogP) is 2.99. The van der Waals surface area contributed by atoms with E-state index in [9.17, 15) is 4.39 Å². The molecule has 1 atom stereocenters. The van der Waals surface area contributed by atoms with Gasteiger partial charge in [-0.2, -0.15) is 5.26 Å². The van der Waals surface area contributed by atoms with Gasteiger partial charge in [-0.1, -0.05) is 12.1 Å². The van der Waals surface area contributed by atoms with Crippen molar-refractivity contribution in [2.75, 3.05) is 13.7 Å². The Bertz CT molecular complexity index is 664. The summed E-state index contributed by atoms with van der Waals surface area (Å²) in [7, 11) is 1.56. The lowest BCUT2D eigenvalue weighted by Gasteiger charge is -2.18. The number of rotatable bonds is 5. The second-order valence-corrected chi connectivity index (χ2v) is 4.84. The fraction of sp³-hybridized carbons (Fsp3) is 0.235. The smallest absolute Gasteiger partial charge is 0.123 e. The molecule has 0 aliphatic rings. The Morgan fingerprint density at radius 2 is 2.10 bits per heavy atom. The lowest BCUT2D eigenvalue weighted by Crippen LogP contribution is -2.16. The molecule has 2 rings (SSSR count). The maximum Gasteiger partial charge on any atom is 0.123 e. The number of hydrogen-bond donors (Lipinski definition) is 1. The number of nitrogens with two attached hydrogens (primary N) is 1. The van der Waals surface area contributed by atoms with Crippen molar-refractivity contribution in [1.82, 2.24) is 0 Å². The van der Waals surface area contributed by atoms with Crippen LogP contribution < -0.4 is 10.5 Å². The molecule has 108 valence electrons. The van der Waals surface area contributed by atoms with Gasteiger partial charge in [-0.25, -0.2) is 4.39 Å². The van der Waals surface area contributed by atoms with Gasteiger partial charge in [0.15, 0.2) is 0 Å². The zero-order valence-corrected chi connectivity index (χ0v) is 11.8. The van der Waals surface area contributed by atoms with E-state index < -0.39 is 0 Å². The lowest BCUT2D eigenvalue weighted by atomic mass is 9.91. The van der Waals surface area contributed by atoms with Crippen molar-refractivity contribution < 1.29 is 9.13 Å². The van der Waals surface area contributed by atoms with Crippen LogP contribution in [0.1, 0.15) is 22.6 Å². The summed E-state index contributed by atoms with van der Waals surface area (Å²) in [6.07, 6.45) is 0.631. The third-order valence-corrected chi connectivity index (χ3v) is 3.45. The van der Waals surface area contributed by atoms with Crippen LogP contribution in [0.25, 0.3) is 0 Å². The summed E-state index contributed by atoms with van der Waals surface area (Å²) >= 11 is 0. The molecule has 0 saturated carbocycles. The summed E-state index contributed by atoms with van der Waals surface area (Å²) in [6.45, 7) is 0.372. The molecule has 2 N–H and O–H groups in total. The van der Waals surface area contributed by atoms with Crippen LogP contribution in [0.3, 0.4) is 0 Å². The largest absolute Gasteiger partial charge is 0.496 e. The Balaban J connectivity index is 2.32. The molecule has 0 spiro atoms. The lowest BCUT2D eigenvalue weighted by molar-refractivity contribution is 0.403. The number of benzene rings is 2. The van der Waals surface area contributed by atoms with Gasteiger partial charge in [0.1, 0.15) is 11.6 Å². The molecule has 0 heterocycles. The molecule has 2 aromatic carbocycles. The quantitative estimate of drug-likeness (QED) is 0.918.